The Hall–Kier alpha value is -1.26. The summed E-state index contributed by atoms with van der Waals surface area (Å²) < 4.78 is 5.42. The lowest BCUT2D eigenvalue weighted by molar-refractivity contribution is 0.0740. The third-order valence-electron chi connectivity index (χ3n) is 3.83. The number of rotatable bonds is 1. The molecule has 1 N–H and O–H groups in total. The van der Waals surface area contributed by atoms with E-state index in [2.05, 4.69) is 11.4 Å². The highest BCUT2D eigenvalue weighted by molar-refractivity contribution is 5.97. The SMILES string of the molecule is Cl.O=C(c1cccc2c1CCCN2)N1CCCOCC1. The molecule has 3 rings (SSSR count). The molecule has 0 atom stereocenters. The van der Waals surface area contributed by atoms with Crippen molar-refractivity contribution in [1.82, 2.24) is 4.90 Å². The summed E-state index contributed by atoms with van der Waals surface area (Å²) in [6.45, 7) is 3.92. The summed E-state index contributed by atoms with van der Waals surface area (Å²) in [6.07, 6.45) is 3.02. The zero-order valence-corrected chi connectivity index (χ0v) is 12.4. The number of halogens is 1. The molecule has 4 nitrogen and oxygen atoms in total. The molecule has 2 heterocycles. The fourth-order valence-electron chi connectivity index (χ4n) is 2.83. The second kappa shape index (κ2) is 6.95. The molecule has 2 aliphatic rings. The molecule has 110 valence electrons. The van der Waals surface area contributed by atoms with Crippen molar-refractivity contribution < 1.29 is 9.53 Å². The normalized spacial score (nSPS) is 18.3. The number of benzene rings is 1. The van der Waals surface area contributed by atoms with E-state index in [0.717, 1.165) is 50.2 Å². The van der Waals surface area contributed by atoms with E-state index in [-0.39, 0.29) is 18.3 Å². The summed E-state index contributed by atoms with van der Waals surface area (Å²) >= 11 is 0. The lowest BCUT2D eigenvalue weighted by Crippen LogP contribution is -2.34. The van der Waals surface area contributed by atoms with Crippen LogP contribution in [0.25, 0.3) is 0 Å². The number of hydrogen-bond acceptors (Lipinski definition) is 3. The van der Waals surface area contributed by atoms with Crippen molar-refractivity contribution in [2.24, 2.45) is 0 Å². The smallest absolute Gasteiger partial charge is 0.254 e. The molecule has 0 aliphatic carbocycles. The Morgan fingerprint density at radius 2 is 2.10 bits per heavy atom. The van der Waals surface area contributed by atoms with Crippen LogP contribution >= 0.6 is 12.4 Å². The number of ether oxygens (including phenoxy) is 1. The van der Waals surface area contributed by atoms with Crippen LogP contribution in [-0.2, 0) is 11.2 Å². The second-order valence-corrected chi connectivity index (χ2v) is 5.12. The first kappa shape index (κ1) is 15.1. The van der Waals surface area contributed by atoms with E-state index in [4.69, 9.17) is 4.74 Å². The maximum absolute atomic E-state index is 12.7. The number of fused-ring (bicyclic) bond motifs is 1. The highest BCUT2D eigenvalue weighted by Crippen LogP contribution is 2.26. The Morgan fingerprint density at radius 1 is 1.20 bits per heavy atom. The quantitative estimate of drug-likeness (QED) is 0.865. The first-order valence-corrected chi connectivity index (χ1v) is 7.09. The first-order valence-electron chi connectivity index (χ1n) is 7.09. The number of amides is 1. The maximum Gasteiger partial charge on any atom is 0.254 e. The molecule has 0 bridgehead atoms. The van der Waals surface area contributed by atoms with Crippen molar-refractivity contribution in [1.29, 1.82) is 0 Å². The van der Waals surface area contributed by atoms with E-state index >= 15 is 0 Å². The molecule has 1 aromatic carbocycles. The van der Waals surface area contributed by atoms with Gasteiger partial charge in [0.1, 0.15) is 0 Å². The summed E-state index contributed by atoms with van der Waals surface area (Å²) in [5.41, 5.74) is 3.18. The van der Waals surface area contributed by atoms with E-state index in [1.165, 1.54) is 5.56 Å². The van der Waals surface area contributed by atoms with Crippen molar-refractivity contribution >= 4 is 24.0 Å². The van der Waals surface area contributed by atoms with Crippen molar-refractivity contribution in [2.75, 3.05) is 38.2 Å². The maximum atomic E-state index is 12.7. The minimum absolute atomic E-state index is 0. The predicted molar refractivity (Wildman–Crippen MR) is 81.8 cm³/mol. The van der Waals surface area contributed by atoms with E-state index in [1.54, 1.807) is 0 Å². The van der Waals surface area contributed by atoms with Crippen molar-refractivity contribution in [2.45, 2.75) is 19.3 Å². The van der Waals surface area contributed by atoms with Gasteiger partial charge in [-0.05, 0) is 37.0 Å². The molecular weight excluding hydrogens is 276 g/mol. The van der Waals surface area contributed by atoms with Crippen molar-refractivity contribution in [3.05, 3.63) is 29.3 Å². The summed E-state index contributed by atoms with van der Waals surface area (Å²) in [5.74, 6) is 0.158. The zero-order valence-electron chi connectivity index (χ0n) is 11.6. The van der Waals surface area contributed by atoms with Gasteiger partial charge in [-0.15, -0.1) is 12.4 Å². The molecule has 1 fully saturated rings. The molecule has 0 unspecified atom stereocenters. The molecule has 2 aliphatic heterocycles. The van der Waals surface area contributed by atoms with Gasteiger partial charge >= 0.3 is 0 Å². The van der Waals surface area contributed by atoms with Gasteiger partial charge in [0.25, 0.3) is 5.91 Å². The Labute approximate surface area is 125 Å². The number of nitrogens with one attached hydrogen (secondary N) is 1. The second-order valence-electron chi connectivity index (χ2n) is 5.12. The van der Waals surface area contributed by atoms with Crippen LogP contribution in [0.1, 0.15) is 28.8 Å². The summed E-state index contributed by atoms with van der Waals surface area (Å²) in [6, 6.07) is 6.00. The standard InChI is InChI=1S/C15H20N2O2.ClH/c18-15(17-8-3-10-19-11-9-17)13-4-1-6-14-12(13)5-2-7-16-14;/h1,4,6,16H,2-3,5,7-11H2;1H. The zero-order chi connectivity index (χ0) is 13.1. The Morgan fingerprint density at radius 3 is 3.00 bits per heavy atom. The Bertz CT molecular complexity index is 471. The van der Waals surface area contributed by atoms with Gasteiger partial charge in [-0.3, -0.25) is 4.79 Å². The Kier molecular flexibility index (Phi) is 5.26. The molecule has 0 aromatic heterocycles. The molecule has 0 saturated carbocycles. The summed E-state index contributed by atoms with van der Waals surface area (Å²) in [4.78, 5) is 14.6. The van der Waals surface area contributed by atoms with Gasteiger partial charge in [-0.2, -0.15) is 0 Å². The first-order chi connectivity index (χ1) is 9.36. The molecule has 1 amide bonds. The lowest BCUT2D eigenvalue weighted by Gasteiger charge is -2.24. The minimum Gasteiger partial charge on any atom is -0.385 e. The third-order valence-corrected chi connectivity index (χ3v) is 3.83. The number of hydrogen-bond donors (Lipinski definition) is 1. The Balaban J connectivity index is 0.00000147. The third kappa shape index (κ3) is 3.07. The average molecular weight is 297 g/mol. The van der Waals surface area contributed by atoms with Crippen molar-refractivity contribution in [3.8, 4) is 0 Å². The molecule has 0 radical (unpaired) electrons. The van der Waals surface area contributed by atoms with E-state index in [1.807, 2.05) is 17.0 Å². The van der Waals surface area contributed by atoms with Crippen LogP contribution in [-0.4, -0.2) is 43.7 Å². The monoisotopic (exact) mass is 296 g/mol. The van der Waals surface area contributed by atoms with Gasteiger partial charge in [0, 0.05) is 37.5 Å². The highest BCUT2D eigenvalue weighted by Gasteiger charge is 2.22. The van der Waals surface area contributed by atoms with Gasteiger partial charge in [0.15, 0.2) is 0 Å². The highest BCUT2D eigenvalue weighted by atomic mass is 35.5. The van der Waals surface area contributed by atoms with E-state index in [0.29, 0.717) is 13.2 Å². The van der Waals surface area contributed by atoms with Gasteiger partial charge in [-0.25, -0.2) is 0 Å². The van der Waals surface area contributed by atoms with Crippen LogP contribution in [0.4, 0.5) is 5.69 Å². The molecule has 20 heavy (non-hydrogen) atoms. The van der Waals surface area contributed by atoms with Gasteiger partial charge in [-0.1, -0.05) is 6.07 Å². The molecule has 0 spiro atoms. The lowest BCUT2D eigenvalue weighted by atomic mass is 9.97. The topological polar surface area (TPSA) is 41.6 Å². The number of carbonyl (C=O) groups excluding carboxylic acids is 1. The van der Waals surface area contributed by atoms with Gasteiger partial charge < -0.3 is 15.0 Å². The van der Waals surface area contributed by atoms with Crippen molar-refractivity contribution in [3.63, 3.8) is 0 Å². The van der Waals surface area contributed by atoms with Crippen LogP contribution in [0.3, 0.4) is 0 Å². The average Bonchev–Trinajstić information content (AvgIpc) is 2.75. The van der Waals surface area contributed by atoms with Crippen LogP contribution in [0.2, 0.25) is 0 Å². The molecule has 5 heteroatoms. The number of anilines is 1. The fraction of sp³-hybridized carbons (Fsp3) is 0.533. The summed E-state index contributed by atoms with van der Waals surface area (Å²) in [7, 11) is 0. The van der Waals surface area contributed by atoms with Gasteiger partial charge in [0.2, 0.25) is 0 Å². The predicted octanol–water partition coefficient (Wildman–Crippen LogP) is 2.33. The number of nitrogens with zero attached hydrogens (tertiary/aromatic N) is 1. The van der Waals surface area contributed by atoms with Gasteiger partial charge in [0.05, 0.1) is 6.61 Å². The van der Waals surface area contributed by atoms with Crippen LogP contribution in [0.5, 0.6) is 0 Å². The summed E-state index contributed by atoms with van der Waals surface area (Å²) in [5, 5.41) is 3.38. The van der Waals surface area contributed by atoms with Crippen LogP contribution in [0, 0.1) is 0 Å². The fourth-order valence-corrected chi connectivity index (χ4v) is 2.83. The molecule has 1 saturated heterocycles. The number of carbonyl (C=O) groups is 1. The van der Waals surface area contributed by atoms with E-state index in [9.17, 15) is 4.79 Å². The molecule has 1 aromatic rings. The van der Waals surface area contributed by atoms with E-state index < -0.39 is 0 Å². The van der Waals surface area contributed by atoms with Crippen LogP contribution < -0.4 is 5.32 Å². The minimum atomic E-state index is 0. The molecular formula is C15H21ClN2O2. The van der Waals surface area contributed by atoms with Crippen LogP contribution in [0.15, 0.2) is 18.2 Å². The largest absolute Gasteiger partial charge is 0.385 e.